The number of hydrogen-bond acceptors (Lipinski definition) is 3. The highest BCUT2D eigenvalue weighted by molar-refractivity contribution is 9.10. The number of nitrogens with zero attached hydrogens (tertiary/aromatic N) is 1. The topological polar surface area (TPSA) is 20.3 Å². The van der Waals surface area contributed by atoms with Crippen molar-refractivity contribution in [2.24, 2.45) is 0 Å². The van der Waals surface area contributed by atoms with Crippen molar-refractivity contribution in [3.05, 3.63) is 28.2 Å². The third-order valence-corrected chi connectivity index (χ3v) is 4.36. The molecule has 17 heavy (non-hydrogen) atoms. The summed E-state index contributed by atoms with van der Waals surface area (Å²) < 4.78 is 0.809. The number of amides is 1. The van der Waals surface area contributed by atoms with E-state index in [4.69, 9.17) is 0 Å². The molecular weight excluding hydrogens is 318 g/mol. The second kappa shape index (κ2) is 6.71. The molecule has 94 valence electrons. The van der Waals surface area contributed by atoms with E-state index in [9.17, 15) is 4.79 Å². The van der Waals surface area contributed by atoms with Gasteiger partial charge in [0.05, 0.1) is 5.56 Å². The van der Waals surface area contributed by atoms with Gasteiger partial charge in [0.2, 0.25) is 0 Å². The molecule has 0 fully saturated rings. The Bertz CT molecular complexity index is 411. The minimum Gasteiger partial charge on any atom is -0.338 e. The van der Waals surface area contributed by atoms with Crippen LogP contribution in [0.25, 0.3) is 0 Å². The standard InChI is InChI=1S/C12H16BrNOS2/c1-8(7-17-3)14(2)12(15)10-6-9(16)4-5-11(10)13/h4-6,8,16H,7H2,1-3H3. The summed E-state index contributed by atoms with van der Waals surface area (Å²) >= 11 is 9.40. The summed E-state index contributed by atoms with van der Waals surface area (Å²) in [5, 5.41) is 0. The summed E-state index contributed by atoms with van der Waals surface area (Å²) in [6.45, 7) is 2.05. The van der Waals surface area contributed by atoms with E-state index in [1.165, 1.54) is 0 Å². The van der Waals surface area contributed by atoms with Crippen LogP contribution in [0.5, 0.6) is 0 Å². The van der Waals surface area contributed by atoms with Gasteiger partial charge < -0.3 is 4.90 Å². The number of hydrogen-bond donors (Lipinski definition) is 1. The first-order chi connectivity index (χ1) is 7.97. The summed E-state index contributed by atoms with van der Waals surface area (Å²) in [5.74, 6) is 0.954. The van der Waals surface area contributed by atoms with Crippen molar-refractivity contribution >= 4 is 46.2 Å². The maximum absolute atomic E-state index is 12.3. The highest BCUT2D eigenvalue weighted by atomic mass is 79.9. The lowest BCUT2D eigenvalue weighted by Crippen LogP contribution is -2.36. The van der Waals surface area contributed by atoms with Crippen LogP contribution in [0, 0.1) is 0 Å². The fraction of sp³-hybridized carbons (Fsp3) is 0.417. The number of thioether (sulfide) groups is 1. The molecule has 0 heterocycles. The number of benzene rings is 1. The maximum atomic E-state index is 12.3. The van der Waals surface area contributed by atoms with Gasteiger partial charge in [-0.1, -0.05) is 0 Å². The van der Waals surface area contributed by atoms with Gasteiger partial charge in [0.15, 0.2) is 0 Å². The van der Waals surface area contributed by atoms with Crippen molar-refractivity contribution in [3.8, 4) is 0 Å². The summed E-state index contributed by atoms with van der Waals surface area (Å²) in [6, 6.07) is 5.71. The molecule has 0 N–H and O–H groups in total. The van der Waals surface area contributed by atoms with E-state index in [0.717, 1.165) is 15.1 Å². The van der Waals surface area contributed by atoms with E-state index in [1.54, 1.807) is 22.7 Å². The zero-order valence-electron chi connectivity index (χ0n) is 10.1. The van der Waals surface area contributed by atoms with Crippen LogP contribution >= 0.6 is 40.3 Å². The van der Waals surface area contributed by atoms with E-state index < -0.39 is 0 Å². The predicted octanol–water partition coefficient (Wildman–Crippen LogP) is 3.56. The van der Waals surface area contributed by atoms with Gasteiger partial charge in [0.25, 0.3) is 5.91 Å². The first-order valence-corrected chi connectivity index (χ1v) is 7.85. The quantitative estimate of drug-likeness (QED) is 0.850. The Morgan fingerprint density at radius 3 is 2.82 bits per heavy atom. The van der Waals surface area contributed by atoms with Gasteiger partial charge >= 0.3 is 0 Å². The first kappa shape index (κ1) is 14.9. The smallest absolute Gasteiger partial charge is 0.255 e. The third-order valence-electron chi connectivity index (χ3n) is 2.57. The summed E-state index contributed by atoms with van der Waals surface area (Å²) in [5.41, 5.74) is 0.660. The lowest BCUT2D eigenvalue weighted by Gasteiger charge is -2.25. The fourth-order valence-electron chi connectivity index (χ4n) is 1.42. The van der Waals surface area contributed by atoms with Crippen LogP contribution in [0.4, 0.5) is 0 Å². The van der Waals surface area contributed by atoms with Crippen molar-refractivity contribution in [1.82, 2.24) is 4.90 Å². The SMILES string of the molecule is CSCC(C)N(C)C(=O)c1cc(S)ccc1Br. The van der Waals surface area contributed by atoms with E-state index >= 15 is 0 Å². The molecule has 1 atom stereocenters. The molecule has 0 aliphatic rings. The minimum atomic E-state index is 0.0225. The highest BCUT2D eigenvalue weighted by Crippen LogP contribution is 2.22. The average molecular weight is 334 g/mol. The molecule has 0 aliphatic carbocycles. The lowest BCUT2D eigenvalue weighted by atomic mass is 10.2. The van der Waals surface area contributed by atoms with Crippen molar-refractivity contribution < 1.29 is 4.79 Å². The van der Waals surface area contributed by atoms with Gasteiger partial charge in [-0.3, -0.25) is 4.79 Å². The summed E-state index contributed by atoms with van der Waals surface area (Å²) in [4.78, 5) is 14.8. The van der Waals surface area contributed by atoms with Gasteiger partial charge in [0, 0.05) is 28.2 Å². The Labute approximate surface area is 121 Å². The summed E-state index contributed by atoms with van der Waals surface area (Å²) in [7, 11) is 1.83. The molecule has 1 unspecified atom stereocenters. The Kier molecular flexibility index (Phi) is 5.89. The van der Waals surface area contributed by atoms with Crippen LogP contribution in [-0.2, 0) is 0 Å². The van der Waals surface area contributed by atoms with Crippen LogP contribution in [-0.4, -0.2) is 35.9 Å². The largest absolute Gasteiger partial charge is 0.338 e. The van der Waals surface area contributed by atoms with Crippen molar-refractivity contribution in [2.75, 3.05) is 19.1 Å². The molecule has 0 aliphatic heterocycles. The number of carbonyl (C=O) groups is 1. The zero-order valence-corrected chi connectivity index (χ0v) is 13.4. The lowest BCUT2D eigenvalue weighted by molar-refractivity contribution is 0.0756. The van der Waals surface area contributed by atoms with Crippen LogP contribution < -0.4 is 0 Å². The molecule has 1 aromatic carbocycles. The maximum Gasteiger partial charge on any atom is 0.255 e. The van der Waals surface area contributed by atoms with E-state index in [1.807, 2.05) is 32.4 Å². The predicted molar refractivity (Wildman–Crippen MR) is 81.3 cm³/mol. The van der Waals surface area contributed by atoms with Gasteiger partial charge in [-0.2, -0.15) is 11.8 Å². The van der Waals surface area contributed by atoms with Crippen LogP contribution in [0.1, 0.15) is 17.3 Å². The number of rotatable bonds is 4. The van der Waals surface area contributed by atoms with Crippen molar-refractivity contribution in [3.63, 3.8) is 0 Å². The van der Waals surface area contributed by atoms with E-state index in [0.29, 0.717) is 5.56 Å². The second-order valence-electron chi connectivity index (χ2n) is 3.88. The molecule has 0 radical (unpaired) electrons. The van der Waals surface area contributed by atoms with Crippen molar-refractivity contribution in [2.45, 2.75) is 17.9 Å². The molecule has 5 heteroatoms. The Balaban J connectivity index is 2.92. The van der Waals surface area contributed by atoms with Gasteiger partial charge in [-0.15, -0.1) is 12.6 Å². The van der Waals surface area contributed by atoms with Gasteiger partial charge in [0.1, 0.15) is 0 Å². The van der Waals surface area contributed by atoms with E-state index in [2.05, 4.69) is 28.6 Å². The molecule has 2 nitrogen and oxygen atoms in total. The molecule has 0 spiro atoms. The van der Waals surface area contributed by atoms with Crippen LogP contribution in [0.2, 0.25) is 0 Å². The van der Waals surface area contributed by atoms with E-state index in [-0.39, 0.29) is 11.9 Å². The fourth-order valence-corrected chi connectivity index (χ4v) is 2.75. The Hall–Kier alpha value is -0.130. The van der Waals surface area contributed by atoms with Gasteiger partial charge in [-0.25, -0.2) is 0 Å². The van der Waals surface area contributed by atoms with Crippen LogP contribution in [0.3, 0.4) is 0 Å². The Morgan fingerprint density at radius 2 is 2.24 bits per heavy atom. The molecule has 0 bridgehead atoms. The van der Waals surface area contributed by atoms with Crippen LogP contribution in [0.15, 0.2) is 27.6 Å². The Morgan fingerprint density at radius 1 is 1.59 bits per heavy atom. The number of halogens is 1. The number of thiol groups is 1. The number of carbonyl (C=O) groups excluding carboxylic acids is 1. The van der Waals surface area contributed by atoms with Gasteiger partial charge in [-0.05, 0) is 47.3 Å². The highest BCUT2D eigenvalue weighted by Gasteiger charge is 2.19. The molecule has 0 aromatic heterocycles. The molecular formula is C12H16BrNOS2. The first-order valence-electron chi connectivity index (χ1n) is 5.22. The molecule has 0 saturated carbocycles. The molecule has 1 amide bonds. The monoisotopic (exact) mass is 333 g/mol. The molecule has 0 saturated heterocycles. The third kappa shape index (κ3) is 3.93. The zero-order chi connectivity index (χ0) is 13.0. The molecule has 1 rings (SSSR count). The minimum absolute atomic E-state index is 0.0225. The average Bonchev–Trinajstić information content (AvgIpc) is 2.30. The second-order valence-corrected chi connectivity index (χ2v) is 6.17. The summed E-state index contributed by atoms with van der Waals surface area (Å²) in [6.07, 6.45) is 2.04. The van der Waals surface area contributed by atoms with Crippen molar-refractivity contribution in [1.29, 1.82) is 0 Å². The molecule has 1 aromatic rings. The normalized spacial score (nSPS) is 12.3.